The molecule has 2 unspecified atom stereocenters. The molecule has 0 bridgehead atoms. The monoisotopic (exact) mass is 540 g/mol. The number of para-hydroxylation sites is 1. The predicted molar refractivity (Wildman–Crippen MR) is 145 cm³/mol. The summed E-state index contributed by atoms with van der Waals surface area (Å²) in [4.78, 5) is 45.4. The van der Waals surface area contributed by atoms with Crippen LogP contribution in [-0.4, -0.2) is 92.4 Å². The summed E-state index contributed by atoms with van der Waals surface area (Å²) >= 11 is 0. The largest absolute Gasteiger partial charge is 0.378 e. The van der Waals surface area contributed by atoms with Gasteiger partial charge in [-0.1, -0.05) is 18.2 Å². The summed E-state index contributed by atoms with van der Waals surface area (Å²) in [5.74, 6) is -1.76. The van der Waals surface area contributed by atoms with Crippen molar-refractivity contribution in [3.05, 3.63) is 65.9 Å². The van der Waals surface area contributed by atoms with Gasteiger partial charge in [0, 0.05) is 68.5 Å². The lowest BCUT2D eigenvalue weighted by Gasteiger charge is -2.39. The zero-order valence-corrected chi connectivity index (χ0v) is 22.4. The van der Waals surface area contributed by atoms with Gasteiger partial charge in [-0.25, -0.2) is 8.42 Å². The number of anilines is 1. The first-order chi connectivity index (χ1) is 18.0. The van der Waals surface area contributed by atoms with E-state index in [0.717, 1.165) is 32.7 Å². The molecule has 1 aliphatic rings. The number of piperazine rings is 1. The molecule has 3 amide bonds. The van der Waals surface area contributed by atoms with Crippen molar-refractivity contribution in [2.24, 2.45) is 5.73 Å². The fourth-order valence-corrected chi connectivity index (χ4v) is 5.70. The lowest BCUT2D eigenvalue weighted by atomic mass is 10.0. The van der Waals surface area contributed by atoms with E-state index in [4.69, 9.17) is 5.73 Å². The van der Waals surface area contributed by atoms with Gasteiger partial charge < -0.3 is 25.8 Å². The van der Waals surface area contributed by atoms with Gasteiger partial charge in [-0.15, -0.1) is 0 Å². The van der Waals surface area contributed by atoms with E-state index < -0.39 is 33.9 Å². The Balaban J connectivity index is 1.54. The summed E-state index contributed by atoms with van der Waals surface area (Å²) in [6.45, 7) is -0.0897. The van der Waals surface area contributed by atoms with Crippen LogP contribution in [0.5, 0.6) is 0 Å². The van der Waals surface area contributed by atoms with Gasteiger partial charge in [-0.3, -0.25) is 14.4 Å². The van der Waals surface area contributed by atoms with Crippen molar-refractivity contribution in [1.82, 2.24) is 19.5 Å². The minimum absolute atomic E-state index is 0.0534. The number of aromatic amines is 1. The Labute approximate surface area is 221 Å². The van der Waals surface area contributed by atoms with E-state index in [1.807, 2.05) is 55.4 Å². The Kier molecular flexibility index (Phi) is 7.74. The average Bonchev–Trinajstić information content (AvgIpc) is 3.29. The highest BCUT2D eigenvalue weighted by atomic mass is 32.2. The highest BCUT2D eigenvalue weighted by Gasteiger charge is 2.40. The molecule has 4 N–H and O–H groups in total. The maximum atomic E-state index is 13.4. The second-order valence-corrected chi connectivity index (χ2v) is 11.5. The second-order valence-electron chi connectivity index (χ2n) is 9.61. The van der Waals surface area contributed by atoms with Crippen LogP contribution in [0.2, 0.25) is 0 Å². The molecule has 0 radical (unpaired) electrons. The molecule has 38 heavy (non-hydrogen) atoms. The number of hydrogen-bond donors (Lipinski definition) is 3. The molecule has 1 aromatic heterocycles. The normalized spacial score (nSPS) is 17.2. The van der Waals surface area contributed by atoms with Crippen LogP contribution in [0.3, 0.4) is 0 Å². The van der Waals surface area contributed by atoms with Crippen LogP contribution in [0.15, 0.2) is 54.7 Å². The van der Waals surface area contributed by atoms with Gasteiger partial charge in [0.1, 0.15) is 12.1 Å². The number of primary amides is 1. The van der Waals surface area contributed by atoms with Gasteiger partial charge in [-0.2, -0.15) is 4.31 Å². The standard InChI is InChI=1S/C26H32N6O5S/c1-30(2)19-10-8-17(9-11-19)26(35)31-12-13-32(38(3,36)37)23(16-31)25(34)29-22(24(27)33)14-18-15-28-21-7-5-4-6-20(18)21/h4-11,15,22-23,28H,12-14,16H2,1-3H3,(H2,27,33)(H,29,34). The minimum Gasteiger partial charge on any atom is -0.378 e. The number of benzene rings is 2. The Bertz CT molecular complexity index is 1450. The molecule has 0 aliphatic carbocycles. The summed E-state index contributed by atoms with van der Waals surface area (Å²) in [5, 5.41) is 3.52. The van der Waals surface area contributed by atoms with Gasteiger partial charge in [0.2, 0.25) is 21.8 Å². The summed E-state index contributed by atoms with van der Waals surface area (Å²) in [7, 11) is 0.00646. The topological polar surface area (TPSA) is 149 Å². The van der Waals surface area contributed by atoms with Gasteiger partial charge >= 0.3 is 0 Å². The number of nitrogens with zero attached hydrogens (tertiary/aromatic N) is 3. The predicted octanol–water partition coefficient (Wildman–Crippen LogP) is 0.533. The molecule has 0 saturated carbocycles. The average molecular weight is 541 g/mol. The van der Waals surface area contributed by atoms with Crippen LogP contribution in [0.25, 0.3) is 10.9 Å². The number of rotatable bonds is 8. The molecule has 2 aromatic carbocycles. The molecule has 12 heteroatoms. The van der Waals surface area contributed by atoms with E-state index >= 15 is 0 Å². The van der Waals surface area contributed by atoms with Gasteiger partial charge in [0.15, 0.2) is 0 Å². The molecular weight excluding hydrogens is 508 g/mol. The van der Waals surface area contributed by atoms with E-state index in [1.165, 1.54) is 4.90 Å². The molecule has 1 fully saturated rings. The highest BCUT2D eigenvalue weighted by Crippen LogP contribution is 2.21. The first kappa shape index (κ1) is 27.1. The molecule has 4 rings (SSSR count). The molecule has 11 nitrogen and oxygen atoms in total. The van der Waals surface area contributed by atoms with Crippen LogP contribution >= 0.6 is 0 Å². The third kappa shape index (κ3) is 5.81. The number of carbonyl (C=O) groups is 3. The SMILES string of the molecule is CN(C)c1ccc(C(=O)N2CCN(S(C)(=O)=O)C(C(=O)NC(Cc3c[nH]c4ccccc34)C(N)=O)C2)cc1. The van der Waals surface area contributed by atoms with Gasteiger partial charge in [0.05, 0.1) is 6.26 Å². The van der Waals surface area contributed by atoms with Crippen molar-refractivity contribution in [3.63, 3.8) is 0 Å². The zero-order valence-electron chi connectivity index (χ0n) is 21.5. The number of amides is 3. The van der Waals surface area contributed by atoms with Crippen LogP contribution < -0.4 is 16.0 Å². The van der Waals surface area contributed by atoms with E-state index in [2.05, 4.69) is 10.3 Å². The minimum atomic E-state index is -3.78. The Morgan fingerprint density at radius 1 is 1.11 bits per heavy atom. The number of sulfonamides is 1. The van der Waals surface area contributed by atoms with Gasteiger partial charge in [0.25, 0.3) is 5.91 Å². The summed E-state index contributed by atoms with van der Waals surface area (Å²) in [6.07, 6.45) is 2.89. The molecular formula is C26H32N6O5S. The maximum Gasteiger partial charge on any atom is 0.253 e. The van der Waals surface area contributed by atoms with E-state index in [9.17, 15) is 22.8 Å². The van der Waals surface area contributed by atoms with Crippen molar-refractivity contribution < 1.29 is 22.8 Å². The summed E-state index contributed by atoms with van der Waals surface area (Å²) in [6, 6.07) is 12.2. The van der Waals surface area contributed by atoms with Crippen LogP contribution in [0, 0.1) is 0 Å². The zero-order chi connectivity index (χ0) is 27.6. The van der Waals surface area contributed by atoms with E-state index in [-0.39, 0.29) is 32.0 Å². The lowest BCUT2D eigenvalue weighted by molar-refractivity contribution is -0.130. The van der Waals surface area contributed by atoms with Crippen molar-refractivity contribution in [2.75, 3.05) is 44.9 Å². The number of aromatic nitrogens is 1. The summed E-state index contributed by atoms with van der Waals surface area (Å²) in [5.41, 5.74) is 8.63. The fourth-order valence-electron chi connectivity index (χ4n) is 4.66. The number of nitrogens with two attached hydrogens (primary N) is 1. The van der Waals surface area contributed by atoms with Crippen molar-refractivity contribution in [3.8, 4) is 0 Å². The van der Waals surface area contributed by atoms with Gasteiger partial charge in [-0.05, 0) is 35.9 Å². The molecule has 1 saturated heterocycles. The fraction of sp³-hybridized carbons (Fsp3) is 0.346. The first-order valence-corrected chi connectivity index (χ1v) is 14.0. The summed E-state index contributed by atoms with van der Waals surface area (Å²) < 4.78 is 26.1. The third-order valence-corrected chi connectivity index (χ3v) is 8.03. The molecule has 0 spiro atoms. The van der Waals surface area contributed by atoms with E-state index in [1.54, 1.807) is 18.3 Å². The van der Waals surface area contributed by atoms with E-state index in [0.29, 0.717) is 5.56 Å². The molecule has 202 valence electrons. The van der Waals surface area contributed by atoms with Crippen LogP contribution in [-0.2, 0) is 26.0 Å². The van der Waals surface area contributed by atoms with Crippen molar-refractivity contribution in [1.29, 1.82) is 0 Å². The first-order valence-electron chi connectivity index (χ1n) is 12.1. The molecule has 3 aromatic rings. The van der Waals surface area contributed by atoms with Crippen LogP contribution in [0.1, 0.15) is 15.9 Å². The van der Waals surface area contributed by atoms with Crippen LogP contribution in [0.4, 0.5) is 5.69 Å². The number of nitrogens with one attached hydrogen (secondary N) is 2. The smallest absolute Gasteiger partial charge is 0.253 e. The Morgan fingerprint density at radius 2 is 1.79 bits per heavy atom. The quantitative estimate of drug-likeness (QED) is 0.380. The molecule has 1 aliphatic heterocycles. The number of carbonyl (C=O) groups excluding carboxylic acids is 3. The Morgan fingerprint density at radius 3 is 2.42 bits per heavy atom. The lowest BCUT2D eigenvalue weighted by Crippen LogP contribution is -2.63. The number of fused-ring (bicyclic) bond motifs is 1. The van der Waals surface area contributed by atoms with Crippen molar-refractivity contribution >= 4 is 44.3 Å². The number of H-pyrrole nitrogens is 1. The van der Waals surface area contributed by atoms with Crippen molar-refractivity contribution in [2.45, 2.75) is 18.5 Å². The highest BCUT2D eigenvalue weighted by molar-refractivity contribution is 7.88. The second kappa shape index (κ2) is 10.8. The molecule has 2 heterocycles. The third-order valence-electron chi connectivity index (χ3n) is 6.74. The maximum absolute atomic E-state index is 13.4. The Hall–Kier alpha value is -3.90. The molecule has 2 atom stereocenters. The number of hydrogen-bond acceptors (Lipinski definition) is 6.